The first-order chi connectivity index (χ1) is 14.5. The van der Waals surface area contributed by atoms with Gasteiger partial charge >= 0.3 is 0 Å². The molecule has 0 spiro atoms. The summed E-state index contributed by atoms with van der Waals surface area (Å²) in [6.45, 7) is 0. The molecule has 1 N–H and O–H groups in total. The molecular formula is C22H14ClN3O2S2. The van der Waals surface area contributed by atoms with Crippen LogP contribution in [-0.4, -0.2) is 23.4 Å². The Kier molecular flexibility index (Phi) is 4.66. The fourth-order valence-corrected chi connectivity index (χ4v) is 6.02. The molecule has 0 bridgehead atoms. The summed E-state index contributed by atoms with van der Waals surface area (Å²) in [7, 11) is -3.81. The van der Waals surface area contributed by atoms with Crippen LogP contribution in [0.3, 0.4) is 0 Å². The second-order valence-corrected chi connectivity index (χ2v) is 9.80. The van der Waals surface area contributed by atoms with Crippen LogP contribution >= 0.6 is 22.9 Å². The Balaban J connectivity index is 1.76. The number of rotatable bonds is 4. The fourth-order valence-electron chi connectivity index (χ4n) is 3.32. The minimum Gasteiger partial charge on any atom is -0.351 e. The van der Waals surface area contributed by atoms with Crippen LogP contribution in [0.1, 0.15) is 0 Å². The van der Waals surface area contributed by atoms with Crippen LogP contribution in [0.25, 0.3) is 32.9 Å². The molecule has 3 heterocycles. The van der Waals surface area contributed by atoms with Gasteiger partial charge in [-0.15, -0.1) is 11.3 Å². The lowest BCUT2D eigenvalue weighted by Gasteiger charge is -2.06. The highest BCUT2D eigenvalue weighted by Crippen LogP contribution is 2.40. The first-order valence-electron chi connectivity index (χ1n) is 9.02. The van der Waals surface area contributed by atoms with Gasteiger partial charge in [0.2, 0.25) is 9.84 Å². The van der Waals surface area contributed by atoms with Gasteiger partial charge in [-0.2, -0.15) is 0 Å². The summed E-state index contributed by atoms with van der Waals surface area (Å²) in [4.78, 5) is 12.5. The van der Waals surface area contributed by atoms with Crippen molar-refractivity contribution >= 4 is 43.7 Å². The van der Waals surface area contributed by atoms with Gasteiger partial charge in [-0.25, -0.2) is 13.4 Å². The largest absolute Gasteiger partial charge is 0.351 e. The van der Waals surface area contributed by atoms with Gasteiger partial charge in [-0.05, 0) is 42.5 Å². The molecule has 0 saturated carbocycles. The highest BCUT2D eigenvalue weighted by Gasteiger charge is 2.28. The van der Waals surface area contributed by atoms with Crippen molar-refractivity contribution in [3.05, 3.63) is 83.5 Å². The lowest BCUT2D eigenvalue weighted by atomic mass is 10.2. The van der Waals surface area contributed by atoms with Gasteiger partial charge in [-0.1, -0.05) is 29.8 Å². The predicted molar refractivity (Wildman–Crippen MR) is 120 cm³/mol. The SMILES string of the molecule is O=S(=O)(c1ccccc1)c1c(-c2nc(-c3cccnc3)cs2)[nH]c2ccc(Cl)cc12. The van der Waals surface area contributed by atoms with E-state index in [4.69, 9.17) is 11.6 Å². The molecular weight excluding hydrogens is 438 g/mol. The van der Waals surface area contributed by atoms with E-state index in [1.165, 1.54) is 11.3 Å². The lowest BCUT2D eigenvalue weighted by Crippen LogP contribution is -2.03. The number of hydrogen-bond donors (Lipinski definition) is 1. The van der Waals surface area contributed by atoms with Gasteiger partial charge in [0.15, 0.2) is 0 Å². The van der Waals surface area contributed by atoms with Gasteiger partial charge in [0.05, 0.1) is 16.3 Å². The van der Waals surface area contributed by atoms with Crippen LogP contribution in [0.15, 0.2) is 88.2 Å². The molecule has 3 aromatic heterocycles. The van der Waals surface area contributed by atoms with E-state index in [1.54, 1.807) is 60.9 Å². The molecule has 5 rings (SSSR count). The van der Waals surface area contributed by atoms with Crippen LogP contribution in [0.4, 0.5) is 0 Å². The topological polar surface area (TPSA) is 75.7 Å². The summed E-state index contributed by atoms with van der Waals surface area (Å²) in [5, 5.41) is 3.48. The number of aromatic nitrogens is 3. The van der Waals surface area contributed by atoms with Crippen molar-refractivity contribution in [2.24, 2.45) is 0 Å². The fraction of sp³-hybridized carbons (Fsp3) is 0. The maximum atomic E-state index is 13.6. The number of halogens is 1. The third-order valence-electron chi connectivity index (χ3n) is 4.71. The summed E-state index contributed by atoms with van der Waals surface area (Å²) in [6.07, 6.45) is 3.42. The van der Waals surface area contributed by atoms with Crippen molar-refractivity contribution < 1.29 is 8.42 Å². The Morgan fingerprint density at radius 1 is 1.00 bits per heavy atom. The molecule has 5 aromatic rings. The number of nitrogens with one attached hydrogen (secondary N) is 1. The first-order valence-corrected chi connectivity index (χ1v) is 11.8. The molecule has 0 aliphatic heterocycles. The summed E-state index contributed by atoms with van der Waals surface area (Å²) >= 11 is 7.57. The Bertz CT molecular complexity index is 1460. The van der Waals surface area contributed by atoms with E-state index in [2.05, 4.69) is 15.0 Å². The summed E-state index contributed by atoms with van der Waals surface area (Å²) < 4.78 is 27.2. The number of pyridine rings is 1. The Morgan fingerprint density at radius 2 is 1.83 bits per heavy atom. The number of H-pyrrole nitrogens is 1. The molecule has 2 aromatic carbocycles. The smallest absolute Gasteiger partial charge is 0.209 e. The molecule has 0 atom stereocenters. The zero-order valence-electron chi connectivity index (χ0n) is 15.4. The van der Waals surface area contributed by atoms with E-state index < -0.39 is 9.84 Å². The van der Waals surface area contributed by atoms with Crippen molar-refractivity contribution in [1.29, 1.82) is 0 Å². The molecule has 8 heteroatoms. The van der Waals surface area contributed by atoms with Crippen molar-refractivity contribution in [3.63, 3.8) is 0 Å². The molecule has 0 unspecified atom stereocenters. The number of thiazole rings is 1. The quantitative estimate of drug-likeness (QED) is 0.372. The van der Waals surface area contributed by atoms with Crippen LogP contribution in [0.5, 0.6) is 0 Å². The summed E-state index contributed by atoms with van der Waals surface area (Å²) in [5.74, 6) is 0. The number of aromatic amines is 1. The average molecular weight is 452 g/mol. The van der Waals surface area contributed by atoms with Gasteiger partial charge < -0.3 is 4.98 Å². The summed E-state index contributed by atoms with van der Waals surface area (Å²) in [5.41, 5.74) is 2.74. The molecule has 0 amide bonds. The normalized spacial score (nSPS) is 11.8. The molecule has 30 heavy (non-hydrogen) atoms. The van der Waals surface area contributed by atoms with Crippen molar-refractivity contribution in [2.75, 3.05) is 0 Å². The monoisotopic (exact) mass is 451 g/mol. The third kappa shape index (κ3) is 3.21. The molecule has 5 nitrogen and oxygen atoms in total. The van der Waals surface area contributed by atoms with Gasteiger partial charge in [0.1, 0.15) is 9.90 Å². The van der Waals surface area contributed by atoms with E-state index in [0.717, 1.165) is 11.3 Å². The van der Waals surface area contributed by atoms with Crippen LogP contribution in [-0.2, 0) is 9.84 Å². The number of benzene rings is 2. The third-order valence-corrected chi connectivity index (χ3v) is 7.66. The Morgan fingerprint density at radius 3 is 2.60 bits per heavy atom. The van der Waals surface area contributed by atoms with E-state index in [9.17, 15) is 8.42 Å². The van der Waals surface area contributed by atoms with E-state index >= 15 is 0 Å². The number of fused-ring (bicyclic) bond motifs is 1. The minimum atomic E-state index is -3.81. The minimum absolute atomic E-state index is 0.179. The highest BCUT2D eigenvalue weighted by atomic mass is 35.5. The molecule has 148 valence electrons. The number of nitrogens with zero attached hydrogens (tertiary/aromatic N) is 2. The van der Waals surface area contributed by atoms with Gasteiger partial charge in [0, 0.05) is 39.3 Å². The highest BCUT2D eigenvalue weighted by molar-refractivity contribution is 7.92. The van der Waals surface area contributed by atoms with Crippen molar-refractivity contribution in [2.45, 2.75) is 9.79 Å². The standard InChI is InChI=1S/C22H14ClN3O2S2/c23-15-8-9-18-17(11-15)21(30(27,28)16-6-2-1-3-7-16)20(25-18)22-26-19(13-29-22)14-5-4-10-24-12-14/h1-13,25H. The molecule has 0 radical (unpaired) electrons. The van der Waals surface area contributed by atoms with E-state index in [-0.39, 0.29) is 9.79 Å². The van der Waals surface area contributed by atoms with Crippen LogP contribution < -0.4 is 0 Å². The van der Waals surface area contributed by atoms with Gasteiger partial charge in [-0.3, -0.25) is 4.98 Å². The van der Waals surface area contributed by atoms with E-state index in [1.807, 2.05) is 17.5 Å². The molecule has 0 saturated heterocycles. The molecule has 0 aliphatic carbocycles. The van der Waals surface area contributed by atoms with Crippen molar-refractivity contribution in [1.82, 2.24) is 15.0 Å². The van der Waals surface area contributed by atoms with E-state index in [0.29, 0.717) is 26.6 Å². The average Bonchev–Trinajstić information content (AvgIpc) is 3.40. The molecule has 0 aliphatic rings. The van der Waals surface area contributed by atoms with Crippen molar-refractivity contribution in [3.8, 4) is 22.0 Å². The Labute approximate surface area is 182 Å². The van der Waals surface area contributed by atoms with Crippen LogP contribution in [0.2, 0.25) is 5.02 Å². The predicted octanol–water partition coefficient (Wildman–Crippen LogP) is 5.84. The second-order valence-electron chi connectivity index (χ2n) is 6.62. The number of sulfone groups is 1. The van der Waals surface area contributed by atoms with Gasteiger partial charge in [0.25, 0.3) is 0 Å². The zero-order chi connectivity index (χ0) is 20.7. The second kappa shape index (κ2) is 7.36. The molecule has 0 fully saturated rings. The Hall–Kier alpha value is -3.00. The number of hydrogen-bond acceptors (Lipinski definition) is 5. The lowest BCUT2D eigenvalue weighted by molar-refractivity contribution is 0.597. The van der Waals surface area contributed by atoms with Crippen LogP contribution in [0, 0.1) is 0 Å². The maximum Gasteiger partial charge on any atom is 0.209 e. The zero-order valence-corrected chi connectivity index (χ0v) is 17.8. The maximum absolute atomic E-state index is 13.6. The summed E-state index contributed by atoms with van der Waals surface area (Å²) in [6, 6.07) is 17.3. The first kappa shape index (κ1) is 19.0.